The van der Waals surface area contributed by atoms with Gasteiger partial charge in [-0.3, -0.25) is 4.79 Å². The van der Waals surface area contributed by atoms with Gasteiger partial charge in [-0.1, -0.05) is 13.5 Å². The molecular weight excluding hydrogens is 132 g/mol. The van der Waals surface area contributed by atoms with Crippen LogP contribution in [-0.4, -0.2) is 17.7 Å². The maximum Gasteiger partial charge on any atom is 0.303 e. The third-order valence-corrected chi connectivity index (χ3v) is 1.02. The van der Waals surface area contributed by atoms with Gasteiger partial charge in [0.2, 0.25) is 0 Å². The third-order valence-electron chi connectivity index (χ3n) is 1.02. The van der Waals surface area contributed by atoms with Crippen molar-refractivity contribution >= 4 is 5.97 Å². The van der Waals surface area contributed by atoms with Crippen LogP contribution in [0.3, 0.4) is 0 Å². The summed E-state index contributed by atoms with van der Waals surface area (Å²) in [4.78, 5) is 10.1. The molecule has 0 aliphatic rings. The van der Waals surface area contributed by atoms with Gasteiger partial charge in [0, 0.05) is 5.92 Å². The lowest BCUT2D eigenvalue weighted by molar-refractivity contribution is -0.138. The third kappa shape index (κ3) is 5.15. The van der Waals surface area contributed by atoms with E-state index in [9.17, 15) is 4.79 Å². The molecule has 0 aromatic heterocycles. The van der Waals surface area contributed by atoms with Gasteiger partial charge in [0.25, 0.3) is 0 Å². The van der Waals surface area contributed by atoms with Crippen molar-refractivity contribution in [3.8, 4) is 0 Å². The van der Waals surface area contributed by atoms with Crippen molar-refractivity contribution in [3.63, 3.8) is 0 Å². The Hall–Kier alpha value is -0.990. The highest BCUT2D eigenvalue weighted by atomic mass is 16.5. The topological polar surface area (TPSA) is 46.5 Å². The molecule has 0 radical (unpaired) electrons. The van der Waals surface area contributed by atoms with Gasteiger partial charge in [0.05, 0.1) is 19.3 Å². The molecule has 58 valence electrons. The van der Waals surface area contributed by atoms with E-state index in [1.54, 1.807) is 0 Å². The summed E-state index contributed by atoms with van der Waals surface area (Å²) in [6.45, 7) is 5.59. The predicted molar refractivity (Wildman–Crippen MR) is 37.6 cm³/mol. The van der Waals surface area contributed by atoms with E-state index in [2.05, 4.69) is 6.58 Å². The van der Waals surface area contributed by atoms with E-state index in [1.165, 1.54) is 6.26 Å². The molecule has 3 heteroatoms. The number of carboxylic acids is 1. The minimum absolute atomic E-state index is 0.0514. The first-order chi connectivity index (χ1) is 4.66. The van der Waals surface area contributed by atoms with Gasteiger partial charge in [-0.25, -0.2) is 0 Å². The Kier molecular flexibility index (Phi) is 4.37. The lowest BCUT2D eigenvalue weighted by Crippen LogP contribution is -2.08. The van der Waals surface area contributed by atoms with Crippen molar-refractivity contribution in [2.45, 2.75) is 13.3 Å². The first-order valence-electron chi connectivity index (χ1n) is 3.11. The molecule has 0 fully saturated rings. The van der Waals surface area contributed by atoms with Crippen molar-refractivity contribution in [1.82, 2.24) is 0 Å². The van der Waals surface area contributed by atoms with Gasteiger partial charge < -0.3 is 9.84 Å². The normalized spacial score (nSPS) is 12.1. The number of hydrogen-bond acceptors (Lipinski definition) is 2. The monoisotopic (exact) mass is 144 g/mol. The van der Waals surface area contributed by atoms with Crippen LogP contribution in [0.15, 0.2) is 12.8 Å². The van der Waals surface area contributed by atoms with Crippen LogP contribution in [0.5, 0.6) is 0 Å². The number of rotatable bonds is 5. The average molecular weight is 144 g/mol. The highest BCUT2D eigenvalue weighted by Gasteiger charge is 2.06. The van der Waals surface area contributed by atoms with Crippen molar-refractivity contribution in [1.29, 1.82) is 0 Å². The molecule has 0 aromatic carbocycles. The summed E-state index contributed by atoms with van der Waals surface area (Å²) >= 11 is 0. The minimum Gasteiger partial charge on any atom is -0.502 e. The standard InChI is InChI=1S/C7H12O3/c1-3-10-5-6(2)4-7(8)9/h3,6H,1,4-5H2,2H3,(H,8,9). The van der Waals surface area contributed by atoms with E-state index >= 15 is 0 Å². The van der Waals surface area contributed by atoms with Gasteiger partial charge in [-0.2, -0.15) is 0 Å². The van der Waals surface area contributed by atoms with Crippen molar-refractivity contribution in [2.75, 3.05) is 6.61 Å². The Labute approximate surface area is 60.3 Å². The maximum atomic E-state index is 10.1. The summed E-state index contributed by atoms with van der Waals surface area (Å²) in [6, 6.07) is 0. The van der Waals surface area contributed by atoms with Gasteiger partial charge in [0.1, 0.15) is 0 Å². The number of hydrogen-bond donors (Lipinski definition) is 1. The highest BCUT2D eigenvalue weighted by molar-refractivity contribution is 5.66. The zero-order valence-electron chi connectivity index (χ0n) is 6.04. The maximum absolute atomic E-state index is 10.1. The summed E-state index contributed by atoms with van der Waals surface area (Å²) in [6.07, 6.45) is 1.46. The summed E-state index contributed by atoms with van der Waals surface area (Å²) in [5, 5.41) is 8.30. The van der Waals surface area contributed by atoms with Crippen LogP contribution in [0.25, 0.3) is 0 Å². The van der Waals surface area contributed by atoms with Crippen LogP contribution in [0, 0.1) is 5.92 Å². The second kappa shape index (κ2) is 4.85. The minimum atomic E-state index is -0.792. The van der Waals surface area contributed by atoms with Crippen LogP contribution in [-0.2, 0) is 9.53 Å². The Morgan fingerprint density at radius 2 is 2.50 bits per heavy atom. The zero-order chi connectivity index (χ0) is 7.98. The van der Waals surface area contributed by atoms with Gasteiger partial charge in [0.15, 0.2) is 0 Å². The van der Waals surface area contributed by atoms with Gasteiger partial charge in [-0.15, -0.1) is 0 Å². The van der Waals surface area contributed by atoms with E-state index in [0.717, 1.165) is 0 Å². The lowest BCUT2D eigenvalue weighted by Gasteiger charge is -2.06. The molecule has 0 bridgehead atoms. The van der Waals surface area contributed by atoms with Crippen LogP contribution >= 0.6 is 0 Å². The smallest absolute Gasteiger partial charge is 0.303 e. The van der Waals surface area contributed by atoms with E-state index in [0.29, 0.717) is 6.61 Å². The largest absolute Gasteiger partial charge is 0.502 e. The molecule has 10 heavy (non-hydrogen) atoms. The molecule has 0 aliphatic carbocycles. The van der Waals surface area contributed by atoms with Crippen LogP contribution in [0.1, 0.15) is 13.3 Å². The molecule has 0 amide bonds. The molecule has 1 atom stereocenters. The molecule has 0 heterocycles. The number of ether oxygens (including phenoxy) is 1. The van der Waals surface area contributed by atoms with E-state index in [-0.39, 0.29) is 12.3 Å². The Bertz CT molecular complexity index is 120. The van der Waals surface area contributed by atoms with Crippen molar-refractivity contribution in [2.24, 2.45) is 5.92 Å². The molecule has 0 saturated heterocycles. The molecule has 0 spiro atoms. The first kappa shape index (κ1) is 9.01. The molecule has 3 nitrogen and oxygen atoms in total. The van der Waals surface area contributed by atoms with Crippen LogP contribution in [0.4, 0.5) is 0 Å². The fraction of sp³-hybridized carbons (Fsp3) is 0.571. The van der Waals surface area contributed by atoms with E-state index < -0.39 is 5.97 Å². The quantitative estimate of drug-likeness (QED) is 0.591. The SMILES string of the molecule is C=COCC(C)CC(=O)O. The highest BCUT2D eigenvalue weighted by Crippen LogP contribution is 2.01. The number of carbonyl (C=O) groups is 1. The van der Waals surface area contributed by atoms with Crippen LogP contribution < -0.4 is 0 Å². The second-order valence-electron chi connectivity index (χ2n) is 2.20. The van der Waals surface area contributed by atoms with Gasteiger partial charge in [-0.05, 0) is 0 Å². The predicted octanol–water partition coefficient (Wildman–Crippen LogP) is 1.26. The Morgan fingerprint density at radius 3 is 2.90 bits per heavy atom. The van der Waals surface area contributed by atoms with Crippen LogP contribution in [0.2, 0.25) is 0 Å². The van der Waals surface area contributed by atoms with Gasteiger partial charge >= 0.3 is 5.97 Å². The number of carboxylic acid groups (broad SMARTS) is 1. The second-order valence-corrected chi connectivity index (χ2v) is 2.20. The van der Waals surface area contributed by atoms with E-state index in [1.807, 2.05) is 6.92 Å². The molecule has 1 unspecified atom stereocenters. The summed E-state index contributed by atoms with van der Waals surface area (Å²) in [5.74, 6) is -0.740. The molecular formula is C7H12O3. The molecule has 0 aromatic rings. The fourth-order valence-corrected chi connectivity index (χ4v) is 0.589. The average Bonchev–Trinajstić information content (AvgIpc) is 1.82. The first-order valence-corrected chi connectivity index (χ1v) is 3.11. The fourth-order valence-electron chi connectivity index (χ4n) is 0.589. The van der Waals surface area contributed by atoms with E-state index in [4.69, 9.17) is 9.84 Å². The van der Waals surface area contributed by atoms with Crippen molar-refractivity contribution < 1.29 is 14.6 Å². The van der Waals surface area contributed by atoms with Crippen molar-refractivity contribution in [3.05, 3.63) is 12.8 Å². The summed E-state index contributed by atoms with van der Waals surface area (Å²) in [7, 11) is 0. The Balaban J connectivity index is 3.33. The zero-order valence-corrected chi connectivity index (χ0v) is 6.04. The Morgan fingerprint density at radius 1 is 1.90 bits per heavy atom. The summed E-state index contributed by atoms with van der Waals surface area (Å²) in [5.41, 5.74) is 0. The molecule has 0 rings (SSSR count). The molecule has 1 N–H and O–H groups in total. The number of aliphatic carboxylic acids is 1. The lowest BCUT2D eigenvalue weighted by atomic mass is 10.1. The molecule has 0 aliphatic heterocycles. The summed E-state index contributed by atoms with van der Waals surface area (Å²) < 4.78 is 4.80. The molecule has 0 saturated carbocycles.